The molecule has 0 amide bonds. The second-order valence-corrected chi connectivity index (χ2v) is 3.85. The maximum Gasteiger partial charge on any atom is 0.258 e. The Hall–Kier alpha value is -2.21. The Kier molecular flexibility index (Phi) is 3.91. The predicted molar refractivity (Wildman–Crippen MR) is 67.9 cm³/mol. The summed E-state index contributed by atoms with van der Waals surface area (Å²) in [6.45, 7) is 2.02. The summed E-state index contributed by atoms with van der Waals surface area (Å²) >= 11 is 0. The summed E-state index contributed by atoms with van der Waals surface area (Å²) in [4.78, 5) is 3.62. The first-order valence-electron chi connectivity index (χ1n) is 5.73. The summed E-state index contributed by atoms with van der Waals surface area (Å²) in [5, 5.41) is 0. The van der Waals surface area contributed by atoms with E-state index in [1.54, 1.807) is 12.1 Å². The SMILES string of the molecule is CCc1ccc(Oc2nc(NN)c(F)cc2F)cc1. The fraction of sp³-hybridized carbons (Fsp3) is 0.154. The van der Waals surface area contributed by atoms with Crippen molar-refractivity contribution in [3.8, 4) is 11.6 Å². The third kappa shape index (κ3) is 2.97. The van der Waals surface area contributed by atoms with Crippen molar-refractivity contribution in [2.45, 2.75) is 13.3 Å². The predicted octanol–water partition coefficient (Wildman–Crippen LogP) is 3.00. The van der Waals surface area contributed by atoms with Crippen LogP contribution in [-0.4, -0.2) is 4.98 Å². The minimum Gasteiger partial charge on any atom is -0.436 e. The van der Waals surface area contributed by atoms with Crippen molar-refractivity contribution in [3.63, 3.8) is 0 Å². The Morgan fingerprint density at radius 3 is 2.47 bits per heavy atom. The molecule has 0 fully saturated rings. The number of benzene rings is 1. The van der Waals surface area contributed by atoms with Gasteiger partial charge in [-0.15, -0.1) is 0 Å². The van der Waals surface area contributed by atoms with Crippen molar-refractivity contribution >= 4 is 5.82 Å². The fourth-order valence-corrected chi connectivity index (χ4v) is 1.53. The summed E-state index contributed by atoms with van der Waals surface area (Å²) in [6, 6.07) is 7.77. The van der Waals surface area contributed by atoms with Crippen LogP contribution in [0.2, 0.25) is 0 Å². The van der Waals surface area contributed by atoms with Crippen LogP contribution >= 0.6 is 0 Å². The van der Waals surface area contributed by atoms with Crippen LogP contribution in [-0.2, 0) is 6.42 Å². The van der Waals surface area contributed by atoms with Crippen LogP contribution < -0.4 is 16.0 Å². The van der Waals surface area contributed by atoms with E-state index in [1.807, 2.05) is 24.5 Å². The van der Waals surface area contributed by atoms with Gasteiger partial charge in [-0.2, -0.15) is 4.98 Å². The number of nitrogens with zero attached hydrogens (tertiary/aromatic N) is 1. The maximum atomic E-state index is 13.5. The molecule has 0 saturated heterocycles. The van der Waals surface area contributed by atoms with Gasteiger partial charge >= 0.3 is 0 Å². The summed E-state index contributed by atoms with van der Waals surface area (Å²) in [5.41, 5.74) is 3.16. The molecule has 1 aromatic heterocycles. The number of ether oxygens (including phenoxy) is 1. The van der Waals surface area contributed by atoms with E-state index in [4.69, 9.17) is 10.6 Å². The van der Waals surface area contributed by atoms with Gasteiger partial charge in [0.05, 0.1) is 0 Å². The lowest BCUT2D eigenvalue weighted by molar-refractivity contribution is 0.418. The normalized spacial score (nSPS) is 10.3. The van der Waals surface area contributed by atoms with E-state index in [-0.39, 0.29) is 11.7 Å². The Morgan fingerprint density at radius 1 is 1.21 bits per heavy atom. The van der Waals surface area contributed by atoms with Crippen LogP contribution in [0.5, 0.6) is 11.6 Å². The molecule has 0 radical (unpaired) electrons. The van der Waals surface area contributed by atoms with Crippen molar-refractivity contribution in [1.82, 2.24) is 4.98 Å². The number of nitrogens with two attached hydrogens (primary N) is 1. The van der Waals surface area contributed by atoms with Gasteiger partial charge in [-0.3, -0.25) is 0 Å². The highest BCUT2D eigenvalue weighted by Crippen LogP contribution is 2.25. The third-order valence-corrected chi connectivity index (χ3v) is 2.58. The summed E-state index contributed by atoms with van der Waals surface area (Å²) in [6.07, 6.45) is 0.894. The van der Waals surface area contributed by atoms with Gasteiger partial charge < -0.3 is 10.2 Å². The second kappa shape index (κ2) is 5.62. The molecule has 0 unspecified atom stereocenters. The molecule has 0 bridgehead atoms. The largest absolute Gasteiger partial charge is 0.436 e. The molecular formula is C13H13F2N3O. The van der Waals surface area contributed by atoms with Gasteiger partial charge in [-0.05, 0) is 24.1 Å². The van der Waals surface area contributed by atoms with Crippen molar-refractivity contribution in [1.29, 1.82) is 0 Å². The van der Waals surface area contributed by atoms with Crippen LogP contribution in [0.15, 0.2) is 30.3 Å². The number of anilines is 1. The van der Waals surface area contributed by atoms with Crippen LogP contribution in [0.4, 0.5) is 14.6 Å². The number of hydrogen-bond acceptors (Lipinski definition) is 4. The Labute approximate surface area is 109 Å². The first-order chi connectivity index (χ1) is 9.13. The number of pyridine rings is 1. The number of hydrogen-bond donors (Lipinski definition) is 2. The molecule has 4 nitrogen and oxygen atoms in total. The van der Waals surface area contributed by atoms with Gasteiger partial charge in [0.25, 0.3) is 5.88 Å². The summed E-state index contributed by atoms with van der Waals surface area (Å²) in [5.74, 6) is 3.10. The standard InChI is InChI=1S/C13H13F2N3O/c1-2-8-3-5-9(6-4-8)19-13-11(15)7-10(14)12(17-13)18-16/h3-7H,2,16H2,1H3,(H,17,18). The number of halogens is 2. The minimum absolute atomic E-state index is 0.276. The molecule has 2 aromatic rings. The number of hydrazine groups is 1. The van der Waals surface area contributed by atoms with Gasteiger partial charge in [0.2, 0.25) is 0 Å². The molecule has 1 heterocycles. The van der Waals surface area contributed by atoms with E-state index >= 15 is 0 Å². The van der Waals surface area contributed by atoms with Crippen LogP contribution in [0, 0.1) is 11.6 Å². The highest BCUT2D eigenvalue weighted by atomic mass is 19.1. The zero-order valence-electron chi connectivity index (χ0n) is 10.3. The Morgan fingerprint density at radius 2 is 1.89 bits per heavy atom. The lowest BCUT2D eigenvalue weighted by atomic mass is 10.2. The van der Waals surface area contributed by atoms with E-state index in [1.165, 1.54) is 0 Å². The molecule has 0 spiro atoms. The zero-order chi connectivity index (χ0) is 13.8. The third-order valence-electron chi connectivity index (χ3n) is 2.58. The van der Waals surface area contributed by atoms with Gasteiger partial charge in [0, 0.05) is 6.07 Å². The van der Waals surface area contributed by atoms with Gasteiger partial charge in [-0.1, -0.05) is 19.1 Å². The second-order valence-electron chi connectivity index (χ2n) is 3.85. The summed E-state index contributed by atoms with van der Waals surface area (Å²) in [7, 11) is 0. The highest BCUT2D eigenvalue weighted by molar-refractivity contribution is 5.40. The molecular weight excluding hydrogens is 252 g/mol. The fourth-order valence-electron chi connectivity index (χ4n) is 1.53. The molecule has 0 aliphatic heterocycles. The number of aromatic nitrogens is 1. The lowest BCUT2D eigenvalue weighted by Crippen LogP contribution is -2.11. The van der Waals surface area contributed by atoms with Gasteiger partial charge in [0.1, 0.15) is 5.75 Å². The van der Waals surface area contributed by atoms with E-state index < -0.39 is 11.6 Å². The topological polar surface area (TPSA) is 60.2 Å². The van der Waals surface area contributed by atoms with E-state index in [2.05, 4.69) is 4.98 Å². The van der Waals surface area contributed by atoms with E-state index in [9.17, 15) is 8.78 Å². The van der Waals surface area contributed by atoms with Gasteiger partial charge in [0.15, 0.2) is 17.5 Å². The highest BCUT2D eigenvalue weighted by Gasteiger charge is 2.13. The molecule has 100 valence electrons. The van der Waals surface area contributed by atoms with E-state index in [0.29, 0.717) is 11.8 Å². The lowest BCUT2D eigenvalue weighted by Gasteiger charge is -2.08. The Balaban J connectivity index is 2.26. The Bertz CT molecular complexity index is 573. The molecule has 0 atom stereocenters. The molecule has 0 saturated carbocycles. The van der Waals surface area contributed by atoms with E-state index in [0.717, 1.165) is 12.0 Å². The average molecular weight is 265 g/mol. The monoisotopic (exact) mass is 265 g/mol. The van der Waals surface area contributed by atoms with Crippen LogP contribution in [0.1, 0.15) is 12.5 Å². The van der Waals surface area contributed by atoms with Crippen molar-refractivity contribution in [2.24, 2.45) is 5.84 Å². The van der Waals surface area contributed by atoms with Crippen molar-refractivity contribution < 1.29 is 13.5 Å². The average Bonchev–Trinajstić information content (AvgIpc) is 2.42. The van der Waals surface area contributed by atoms with Crippen LogP contribution in [0.3, 0.4) is 0 Å². The molecule has 0 aliphatic rings. The molecule has 3 N–H and O–H groups in total. The molecule has 2 rings (SSSR count). The molecule has 1 aromatic carbocycles. The first-order valence-corrected chi connectivity index (χ1v) is 5.73. The smallest absolute Gasteiger partial charge is 0.258 e. The van der Waals surface area contributed by atoms with Crippen molar-refractivity contribution in [2.75, 3.05) is 5.43 Å². The first kappa shape index (κ1) is 13.2. The zero-order valence-corrected chi connectivity index (χ0v) is 10.3. The molecule has 19 heavy (non-hydrogen) atoms. The van der Waals surface area contributed by atoms with Gasteiger partial charge in [-0.25, -0.2) is 14.6 Å². The summed E-state index contributed by atoms with van der Waals surface area (Å²) < 4.78 is 31.9. The number of rotatable bonds is 4. The minimum atomic E-state index is -0.893. The molecule has 6 heteroatoms. The van der Waals surface area contributed by atoms with Crippen LogP contribution in [0.25, 0.3) is 0 Å². The molecule has 0 aliphatic carbocycles. The number of nitrogens with one attached hydrogen (secondary N) is 1. The van der Waals surface area contributed by atoms with Crippen molar-refractivity contribution in [3.05, 3.63) is 47.5 Å². The quantitative estimate of drug-likeness (QED) is 0.659. The maximum absolute atomic E-state index is 13.5. The number of aryl methyl sites for hydroxylation is 1. The number of nitrogen functional groups attached to an aromatic ring is 1.